The molecule has 0 unspecified atom stereocenters. The summed E-state index contributed by atoms with van der Waals surface area (Å²) < 4.78 is 2.23. The zero-order valence-electron chi connectivity index (χ0n) is 8.60. The first kappa shape index (κ1) is 12.1. The molecule has 0 radical (unpaired) electrons. The Morgan fingerprint density at radius 1 is 1.53 bits per heavy atom. The lowest BCUT2D eigenvalue weighted by molar-refractivity contribution is -0.116. The SMILES string of the molecule is O=C(Cn1cncn1)Nc1ccc(Br)c(Cl)c1. The van der Waals surface area contributed by atoms with Crippen molar-refractivity contribution in [2.24, 2.45) is 0 Å². The van der Waals surface area contributed by atoms with E-state index in [0.717, 1.165) is 4.47 Å². The number of hydrogen-bond acceptors (Lipinski definition) is 3. The van der Waals surface area contributed by atoms with Gasteiger partial charge >= 0.3 is 0 Å². The average Bonchev–Trinajstić information content (AvgIpc) is 2.76. The Labute approximate surface area is 111 Å². The van der Waals surface area contributed by atoms with Crippen LogP contribution in [0.25, 0.3) is 0 Å². The monoisotopic (exact) mass is 314 g/mol. The summed E-state index contributed by atoms with van der Waals surface area (Å²) in [7, 11) is 0. The third kappa shape index (κ3) is 3.28. The quantitative estimate of drug-likeness (QED) is 0.945. The van der Waals surface area contributed by atoms with Crippen LogP contribution in [0.4, 0.5) is 5.69 Å². The Hall–Kier alpha value is -1.40. The largest absolute Gasteiger partial charge is 0.324 e. The number of hydrogen-bond donors (Lipinski definition) is 1. The summed E-state index contributed by atoms with van der Waals surface area (Å²) in [6, 6.07) is 5.20. The summed E-state index contributed by atoms with van der Waals surface area (Å²) in [5, 5.41) is 7.10. The summed E-state index contributed by atoms with van der Waals surface area (Å²) in [6.07, 6.45) is 2.86. The summed E-state index contributed by atoms with van der Waals surface area (Å²) in [5.41, 5.74) is 0.642. The fourth-order valence-electron chi connectivity index (χ4n) is 1.24. The lowest BCUT2D eigenvalue weighted by Crippen LogP contribution is -2.18. The smallest absolute Gasteiger partial charge is 0.246 e. The second-order valence-electron chi connectivity index (χ2n) is 3.27. The second-order valence-corrected chi connectivity index (χ2v) is 4.53. The Kier molecular flexibility index (Phi) is 3.75. The number of carbonyl (C=O) groups excluding carboxylic acids is 1. The van der Waals surface area contributed by atoms with Crippen molar-refractivity contribution in [3.8, 4) is 0 Å². The molecule has 0 aliphatic rings. The topological polar surface area (TPSA) is 59.8 Å². The van der Waals surface area contributed by atoms with Gasteiger partial charge in [0.1, 0.15) is 19.2 Å². The van der Waals surface area contributed by atoms with E-state index >= 15 is 0 Å². The molecule has 0 fully saturated rings. The van der Waals surface area contributed by atoms with Crippen molar-refractivity contribution in [3.05, 3.63) is 40.3 Å². The van der Waals surface area contributed by atoms with Crippen LogP contribution in [-0.4, -0.2) is 20.7 Å². The van der Waals surface area contributed by atoms with Crippen molar-refractivity contribution >= 4 is 39.1 Å². The van der Waals surface area contributed by atoms with Crippen LogP contribution in [0.15, 0.2) is 35.3 Å². The first-order valence-corrected chi connectivity index (χ1v) is 5.89. The fraction of sp³-hybridized carbons (Fsp3) is 0.100. The molecule has 1 amide bonds. The maximum atomic E-state index is 11.6. The summed E-state index contributed by atoms with van der Waals surface area (Å²) in [4.78, 5) is 15.4. The number of amides is 1. The van der Waals surface area contributed by atoms with E-state index < -0.39 is 0 Å². The van der Waals surface area contributed by atoms with E-state index in [4.69, 9.17) is 11.6 Å². The summed E-state index contributed by atoms with van der Waals surface area (Å²) in [5.74, 6) is -0.186. The van der Waals surface area contributed by atoms with Gasteiger partial charge in [-0.25, -0.2) is 9.67 Å². The van der Waals surface area contributed by atoms with Crippen LogP contribution in [-0.2, 0) is 11.3 Å². The molecule has 0 saturated carbocycles. The molecular weight excluding hydrogens is 307 g/mol. The Morgan fingerprint density at radius 2 is 2.35 bits per heavy atom. The molecule has 0 saturated heterocycles. The van der Waals surface area contributed by atoms with Crippen molar-refractivity contribution < 1.29 is 4.79 Å². The van der Waals surface area contributed by atoms with Crippen molar-refractivity contribution in [2.45, 2.75) is 6.54 Å². The first-order chi connectivity index (χ1) is 8.15. The molecule has 0 spiro atoms. The van der Waals surface area contributed by atoms with Gasteiger partial charge in [-0.05, 0) is 34.1 Å². The molecular formula is C10H8BrClN4O. The fourth-order valence-corrected chi connectivity index (χ4v) is 1.66. The van der Waals surface area contributed by atoms with E-state index in [1.54, 1.807) is 18.2 Å². The maximum absolute atomic E-state index is 11.6. The predicted molar refractivity (Wildman–Crippen MR) is 67.8 cm³/mol. The molecule has 88 valence electrons. The zero-order valence-corrected chi connectivity index (χ0v) is 10.9. The van der Waals surface area contributed by atoms with Gasteiger partial charge in [0.2, 0.25) is 5.91 Å². The van der Waals surface area contributed by atoms with Crippen LogP contribution in [0.5, 0.6) is 0 Å². The van der Waals surface area contributed by atoms with Crippen molar-refractivity contribution in [2.75, 3.05) is 5.32 Å². The number of anilines is 1. The minimum Gasteiger partial charge on any atom is -0.324 e. The van der Waals surface area contributed by atoms with E-state index in [0.29, 0.717) is 10.7 Å². The minimum absolute atomic E-state index is 0.119. The first-order valence-electron chi connectivity index (χ1n) is 4.72. The van der Waals surface area contributed by atoms with E-state index in [-0.39, 0.29) is 12.5 Å². The number of benzene rings is 1. The Morgan fingerprint density at radius 3 is 3.00 bits per heavy atom. The predicted octanol–water partition coefficient (Wildman–Crippen LogP) is 2.33. The molecule has 17 heavy (non-hydrogen) atoms. The molecule has 0 atom stereocenters. The highest BCUT2D eigenvalue weighted by atomic mass is 79.9. The van der Waals surface area contributed by atoms with Gasteiger partial charge in [-0.2, -0.15) is 5.10 Å². The van der Waals surface area contributed by atoms with Gasteiger partial charge in [0.25, 0.3) is 0 Å². The summed E-state index contributed by atoms with van der Waals surface area (Å²) >= 11 is 9.19. The van der Waals surface area contributed by atoms with Gasteiger partial charge in [-0.15, -0.1) is 0 Å². The highest BCUT2D eigenvalue weighted by Gasteiger charge is 2.05. The van der Waals surface area contributed by atoms with Gasteiger partial charge in [0.05, 0.1) is 5.02 Å². The van der Waals surface area contributed by atoms with Gasteiger partial charge in [-0.1, -0.05) is 11.6 Å². The van der Waals surface area contributed by atoms with E-state index in [2.05, 4.69) is 31.3 Å². The Bertz CT molecular complexity index is 529. The van der Waals surface area contributed by atoms with Crippen LogP contribution in [0.3, 0.4) is 0 Å². The van der Waals surface area contributed by atoms with Crippen LogP contribution >= 0.6 is 27.5 Å². The van der Waals surface area contributed by atoms with Crippen LogP contribution in [0.2, 0.25) is 5.02 Å². The third-order valence-electron chi connectivity index (χ3n) is 1.98. The Balaban J connectivity index is 2.00. The molecule has 2 aromatic rings. The molecule has 0 aliphatic carbocycles. The van der Waals surface area contributed by atoms with Crippen LogP contribution < -0.4 is 5.32 Å². The number of rotatable bonds is 3. The van der Waals surface area contributed by atoms with Gasteiger partial charge < -0.3 is 5.32 Å². The number of nitrogens with one attached hydrogen (secondary N) is 1. The average molecular weight is 316 g/mol. The molecule has 5 nitrogen and oxygen atoms in total. The third-order valence-corrected chi connectivity index (χ3v) is 3.21. The molecule has 7 heteroatoms. The molecule has 1 N–H and O–H groups in total. The number of halogens is 2. The standard InChI is InChI=1S/C10H8BrClN4O/c11-8-2-1-7(3-9(8)12)15-10(17)4-16-6-13-5-14-16/h1-3,5-6H,4H2,(H,15,17). The van der Waals surface area contributed by atoms with Crippen LogP contribution in [0.1, 0.15) is 0 Å². The van der Waals surface area contributed by atoms with Gasteiger partial charge in [0.15, 0.2) is 0 Å². The van der Waals surface area contributed by atoms with Gasteiger partial charge in [0, 0.05) is 10.2 Å². The van der Waals surface area contributed by atoms with E-state index in [1.807, 2.05) is 0 Å². The number of aromatic nitrogens is 3. The lowest BCUT2D eigenvalue weighted by atomic mass is 10.3. The number of nitrogens with zero attached hydrogens (tertiary/aromatic N) is 3. The van der Waals surface area contributed by atoms with Crippen molar-refractivity contribution in [1.29, 1.82) is 0 Å². The summed E-state index contributed by atoms with van der Waals surface area (Å²) in [6.45, 7) is 0.119. The second kappa shape index (κ2) is 5.29. The minimum atomic E-state index is -0.186. The zero-order chi connectivity index (χ0) is 12.3. The molecule has 1 aromatic heterocycles. The van der Waals surface area contributed by atoms with Crippen LogP contribution in [0, 0.1) is 0 Å². The number of carbonyl (C=O) groups is 1. The molecule has 0 bridgehead atoms. The normalized spacial score (nSPS) is 10.2. The van der Waals surface area contributed by atoms with Crippen molar-refractivity contribution in [1.82, 2.24) is 14.8 Å². The lowest BCUT2D eigenvalue weighted by Gasteiger charge is -2.06. The van der Waals surface area contributed by atoms with Crippen molar-refractivity contribution in [3.63, 3.8) is 0 Å². The van der Waals surface area contributed by atoms with E-state index in [1.165, 1.54) is 17.3 Å². The van der Waals surface area contributed by atoms with Gasteiger partial charge in [-0.3, -0.25) is 4.79 Å². The van der Waals surface area contributed by atoms with E-state index in [9.17, 15) is 4.79 Å². The highest BCUT2D eigenvalue weighted by Crippen LogP contribution is 2.25. The highest BCUT2D eigenvalue weighted by molar-refractivity contribution is 9.10. The molecule has 2 rings (SSSR count). The molecule has 0 aliphatic heterocycles. The molecule has 1 heterocycles. The molecule has 1 aromatic carbocycles. The maximum Gasteiger partial charge on any atom is 0.246 e.